The van der Waals surface area contributed by atoms with Crippen LogP contribution < -0.4 is 11.1 Å². The van der Waals surface area contributed by atoms with E-state index in [9.17, 15) is 9.59 Å². The summed E-state index contributed by atoms with van der Waals surface area (Å²) >= 11 is 1.51. The van der Waals surface area contributed by atoms with Crippen molar-refractivity contribution >= 4 is 35.1 Å². The Kier molecular flexibility index (Phi) is 6.66. The van der Waals surface area contributed by atoms with E-state index in [0.717, 1.165) is 12.2 Å². The van der Waals surface area contributed by atoms with E-state index in [1.165, 1.54) is 24.2 Å². The Labute approximate surface area is 173 Å². The Morgan fingerprint density at radius 2 is 1.79 bits per heavy atom. The van der Waals surface area contributed by atoms with Gasteiger partial charge in [-0.25, -0.2) is 0 Å². The van der Waals surface area contributed by atoms with Gasteiger partial charge >= 0.3 is 0 Å². The summed E-state index contributed by atoms with van der Waals surface area (Å²) in [6.07, 6.45) is 0.876. The second-order valence-corrected chi connectivity index (χ2v) is 7.66. The number of thioether (sulfide) groups is 1. The van der Waals surface area contributed by atoms with Gasteiger partial charge in [-0.05, 0) is 50.1 Å². The van der Waals surface area contributed by atoms with Crippen LogP contribution in [0.4, 0.5) is 11.6 Å². The number of nitrogens with one attached hydrogen (secondary N) is 1. The molecule has 3 N–H and O–H groups in total. The van der Waals surface area contributed by atoms with Gasteiger partial charge in [0.05, 0.1) is 0 Å². The van der Waals surface area contributed by atoms with Crippen molar-refractivity contribution in [2.75, 3.05) is 16.8 Å². The fraction of sp³-hybridized carbons (Fsp3) is 0.238. The standard InChI is InChI=1S/C21H23N5O2S/c1-14(19(28)23-18-10-8-17(9-11-18)15(2)27)26-20(22)24-25-21(26)29-13-12-16-6-4-3-5-7-16/h3-11,14H,12-13H2,1-2H3,(H2,22,24)(H,23,28). The van der Waals surface area contributed by atoms with Gasteiger partial charge in [-0.15, -0.1) is 10.2 Å². The molecule has 0 aliphatic carbocycles. The topological polar surface area (TPSA) is 103 Å². The molecule has 2 aromatic carbocycles. The van der Waals surface area contributed by atoms with E-state index < -0.39 is 6.04 Å². The molecule has 1 aromatic heterocycles. The van der Waals surface area contributed by atoms with E-state index in [1.807, 2.05) is 18.2 Å². The first-order chi connectivity index (χ1) is 14.0. The molecule has 8 heteroatoms. The van der Waals surface area contributed by atoms with Crippen LogP contribution in [0.1, 0.15) is 35.8 Å². The average molecular weight is 410 g/mol. The SMILES string of the molecule is CC(=O)c1ccc(NC(=O)C(C)n2c(N)nnc2SCCc2ccccc2)cc1. The summed E-state index contributed by atoms with van der Waals surface area (Å²) in [5, 5.41) is 11.5. The van der Waals surface area contributed by atoms with Crippen molar-refractivity contribution in [2.45, 2.75) is 31.5 Å². The van der Waals surface area contributed by atoms with Crippen molar-refractivity contribution < 1.29 is 9.59 Å². The van der Waals surface area contributed by atoms with Gasteiger partial charge < -0.3 is 11.1 Å². The number of carbonyl (C=O) groups excluding carboxylic acids is 2. The minimum Gasteiger partial charge on any atom is -0.368 e. The molecule has 0 fully saturated rings. The molecule has 3 rings (SSSR count). The molecule has 7 nitrogen and oxygen atoms in total. The third kappa shape index (κ3) is 5.23. The van der Waals surface area contributed by atoms with Gasteiger partial charge in [0, 0.05) is 17.0 Å². The Morgan fingerprint density at radius 3 is 2.45 bits per heavy atom. The number of carbonyl (C=O) groups is 2. The summed E-state index contributed by atoms with van der Waals surface area (Å²) in [7, 11) is 0. The first-order valence-electron chi connectivity index (χ1n) is 9.24. The minimum atomic E-state index is -0.586. The molecule has 0 spiro atoms. The average Bonchev–Trinajstić information content (AvgIpc) is 3.09. The van der Waals surface area contributed by atoms with Crippen LogP contribution in [-0.2, 0) is 11.2 Å². The van der Waals surface area contributed by atoms with Gasteiger partial charge in [-0.2, -0.15) is 0 Å². The molecular weight excluding hydrogens is 386 g/mol. The van der Waals surface area contributed by atoms with Gasteiger partial charge in [0.25, 0.3) is 0 Å². The van der Waals surface area contributed by atoms with Crippen LogP contribution in [0.15, 0.2) is 59.8 Å². The zero-order valence-corrected chi connectivity index (χ0v) is 17.1. The number of aryl methyl sites for hydroxylation is 1. The lowest BCUT2D eigenvalue weighted by Crippen LogP contribution is -2.25. The van der Waals surface area contributed by atoms with Gasteiger partial charge in [0.2, 0.25) is 11.9 Å². The van der Waals surface area contributed by atoms with Gasteiger partial charge in [-0.3, -0.25) is 14.2 Å². The first kappa shape index (κ1) is 20.6. The molecule has 0 radical (unpaired) electrons. The molecule has 1 unspecified atom stereocenters. The fourth-order valence-corrected chi connectivity index (χ4v) is 3.82. The molecule has 0 bridgehead atoms. The number of ketones is 1. The largest absolute Gasteiger partial charge is 0.368 e. The molecule has 1 atom stereocenters. The second kappa shape index (κ2) is 9.38. The zero-order valence-electron chi connectivity index (χ0n) is 16.3. The molecule has 29 heavy (non-hydrogen) atoms. The van der Waals surface area contributed by atoms with Gasteiger partial charge in [-0.1, -0.05) is 42.1 Å². The molecule has 0 saturated carbocycles. The van der Waals surface area contributed by atoms with E-state index in [-0.39, 0.29) is 17.6 Å². The lowest BCUT2D eigenvalue weighted by atomic mass is 10.1. The van der Waals surface area contributed by atoms with Gasteiger partial charge in [0.15, 0.2) is 10.9 Å². The van der Waals surface area contributed by atoms with Gasteiger partial charge in [0.1, 0.15) is 6.04 Å². The van der Waals surface area contributed by atoms with E-state index in [0.29, 0.717) is 16.4 Å². The van der Waals surface area contributed by atoms with Crippen LogP contribution in [0.25, 0.3) is 0 Å². The molecule has 150 valence electrons. The summed E-state index contributed by atoms with van der Waals surface area (Å²) in [5.41, 5.74) is 8.40. The number of hydrogen-bond donors (Lipinski definition) is 2. The Hall–Kier alpha value is -3.13. The fourth-order valence-electron chi connectivity index (χ4n) is 2.81. The molecule has 1 amide bonds. The van der Waals surface area contributed by atoms with Crippen molar-refractivity contribution in [3.63, 3.8) is 0 Å². The van der Waals surface area contributed by atoms with E-state index >= 15 is 0 Å². The number of benzene rings is 2. The molecule has 0 saturated heterocycles. The van der Waals surface area contributed by atoms with E-state index in [2.05, 4.69) is 27.6 Å². The van der Waals surface area contributed by atoms with Crippen LogP contribution in [0, 0.1) is 0 Å². The van der Waals surface area contributed by atoms with Crippen molar-refractivity contribution in [2.24, 2.45) is 0 Å². The highest BCUT2D eigenvalue weighted by molar-refractivity contribution is 7.99. The highest BCUT2D eigenvalue weighted by Gasteiger charge is 2.22. The molecule has 3 aromatic rings. The highest BCUT2D eigenvalue weighted by atomic mass is 32.2. The van der Waals surface area contributed by atoms with Crippen molar-refractivity contribution in [1.82, 2.24) is 14.8 Å². The first-order valence-corrected chi connectivity index (χ1v) is 10.2. The predicted octanol–water partition coefficient (Wildman–Crippen LogP) is 3.60. The lowest BCUT2D eigenvalue weighted by Gasteiger charge is -2.16. The number of rotatable bonds is 8. The second-order valence-electron chi connectivity index (χ2n) is 6.59. The van der Waals surface area contributed by atoms with Crippen LogP contribution in [0.5, 0.6) is 0 Å². The van der Waals surface area contributed by atoms with Crippen LogP contribution in [0.2, 0.25) is 0 Å². The zero-order chi connectivity index (χ0) is 20.8. The third-order valence-corrected chi connectivity index (χ3v) is 5.43. The minimum absolute atomic E-state index is 0.0225. The maximum atomic E-state index is 12.7. The molecule has 1 heterocycles. The smallest absolute Gasteiger partial charge is 0.247 e. The number of hydrogen-bond acceptors (Lipinski definition) is 6. The van der Waals surface area contributed by atoms with Crippen molar-refractivity contribution in [3.8, 4) is 0 Å². The van der Waals surface area contributed by atoms with Crippen molar-refractivity contribution in [3.05, 3.63) is 65.7 Å². The molecule has 0 aliphatic rings. The summed E-state index contributed by atoms with van der Waals surface area (Å²) in [4.78, 5) is 24.1. The Balaban J connectivity index is 1.65. The highest BCUT2D eigenvalue weighted by Crippen LogP contribution is 2.25. The Bertz CT molecular complexity index is 986. The number of nitrogen functional groups attached to an aromatic ring is 1. The number of Topliss-reactive ketones (excluding diaryl/α,β-unsaturated/α-hetero) is 1. The summed E-state index contributed by atoms with van der Waals surface area (Å²) < 4.78 is 1.63. The number of nitrogens with two attached hydrogens (primary N) is 1. The monoisotopic (exact) mass is 409 g/mol. The summed E-state index contributed by atoms with van der Waals surface area (Å²) in [5.74, 6) is 0.729. The van der Waals surface area contributed by atoms with Crippen molar-refractivity contribution in [1.29, 1.82) is 0 Å². The maximum Gasteiger partial charge on any atom is 0.247 e. The quantitative estimate of drug-likeness (QED) is 0.435. The van der Waals surface area contributed by atoms with Crippen LogP contribution >= 0.6 is 11.8 Å². The number of anilines is 2. The van der Waals surface area contributed by atoms with Crippen LogP contribution in [0.3, 0.4) is 0 Å². The van der Waals surface area contributed by atoms with E-state index in [1.54, 1.807) is 35.8 Å². The van der Waals surface area contributed by atoms with E-state index in [4.69, 9.17) is 5.73 Å². The molecular formula is C21H23N5O2S. The number of aromatic nitrogens is 3. The predicted molar refractivity (Wildman–Crippen MR) is 115 cm³/mol. The summed E-state index contributed by atoms with van der Waals surface area (Å²) in [6.45, 7) is 3.25. The third-order valence-electron chi connectivity index (χ3n) is 4.48. The normalized spacial score (nSPS) is 11.8. The number of amides is 1. The summed E-state index contributed by atoms with van der Waals surface area (Å²) in [6, 6.07) is 16.3. The maximum absolute atomic E-state index is 12.7. The molecule has 0 aliphatic heterocycles. The number of nitrogens with zero attached hydrogens (tertiary/aromatic N) is 3. The van der Waals surface area contributed by atoms with Crippen LogP contribution in [-0.4, -0.2) is 32.2 Å². The Morgan fingerprint density at radius 1 is 1.10 bits per heavy atom. The lowest BCUT2D eigenvalue weighted by molar-refractivity contribution is -0.118.